The summed E-state index contributed by atoms with van der Waals surface area (Å²) in [5, 5.41) is 6.60. The molecule has 170 valence electrons. The number of benzene rings is 1. The summed E-state index contributed by atoms with van der Waals surface area (Å²) in [5.74, 6) is 1.04. The van der Waals surface area contributed by atoms with Crippen LogP contribution in [-0.4, -0.2) is 61.4 Å². The fraction of sp³-hybridized carbons (Fsp3) is 0.560. The highest BCUT2D eigenvalue weighted by molar-refractivity contribution is 6.06. The van der Waals surface area contributed by atoms with Crippen molar-refractivity contribution < 1.29 is 9.59 Å². The molecule has 2 amide bonds. The molecule has 2 aliphatic heterocycles. The maximum atomic E-state index is 12.8. The van der Waals surface area contributed by atoms with Gasteiger partial charge < -0.3 is 15.5 Å². The Morgan fingerprint density at radius 2 is 1.84 bits per heavy atom. The lowest BCUT2D eigenvalue weighted by atomic mass is 9.85. The Bertz CT molecular complexity index is 927. The van der Waals surface area contributed by atoms with Gasteiger partial charge in [0.2, 0.25) is 11.8 Å². The number of fused-ring (bicyclic) bond motifs is 6. The predicted molar refractivity (Wildman–Crippen MR) is 125 cm³/mol. The van der Waals surface area contributed by atoms with Gasteiger partial charge in [-0.15, -0.1) is 0 Å². The summed E-state index contributed by atoms with van der Waals surface area (Å²) in [6.45, 7) is 7.60. The number of carbonyl (C=O) groups excluding carboxylic acids is 2. The summed E-state index contributed by atoms with van der Waals surface area (Å²) in [6, 6.07) is 8.87. The number of nitrogens with zero attached hydrogens (tertiary/aromatic N) is 3. The molecule has 1 saturated carbocycles. The van der Waals surface area contributed by atoms with Crippen LogP contribution in [0.1, 0.15) is 25.8 Å². The number of hydrogen-bond donors (Lipinski definition) is 2. The Kier molecular flexibility index (Phi) is 5.66. The molecule has 0 aromatic heterocycles. The lowest BCUT2D eigenvalue weighted by Gasteiger charge is -2.26. The van der Waals surface area contributed by atoms with Crippen molar-refractivity contribution in [2.45, 2.75) is 32.7 Å². The molecule has 2 fully saturated rings. The van der Waals surface area contributed by atoms with Crippen molar-refractivity contribution in [1.29, 1.82) is 0 Å². The first-order valence-corrected chi connectivity index (χ1v) is 12.0. The molecule has 2 heterocycles. The third-order valence-electron chi connectivity index (χ3n) is 7.50. The quantitative estimate of drug-likeness (QED) is 0.296. The number of hydrogen-bond acceptors (Lipinski definition) is 4. The number of rotatable bonds is 7. The maximum Gasteiger partial charge on any atom is 0.233 e. The van der Waals surface area contributed by atoms with Gasteiger partial charge >= 0.3 is 0 Å². The van der Waals surface area contributed by atoms with Gasteiger partial charge in [-0.25, -0.2) is 0 Å². The van der Waals surface area contributed by atoms with Crippen LogP contribution in [0.5, 0.6) is 0 Å². The van der Waals surface area contributed by atoms with Crippen molar-refractivity contribution >= 4 is 23.5 Å². The van der Waals surface area contributed by atoms with Crippen LogP contribution in [0.15, 0.2) is 41.4 Å². The van der Waals surface area contributed by atoms with E-state index in [9.17, 15) is 9.59 Å². The second kappa shape index (κ2) is 8.60. The highest BCUT2D eigenvalue weighted by Gasteiger charge is 2.58. The lowest BCUT2D eigenvalue weighted by Crippen LogP contribution is -2.44. The molecular formula is C25H33N5O2. The van der Waals surface area contributed by atoms with Crippen molar-refractivity contribution in [1.82, 2.24) is 15.5 Å². The van der Waals surface area contributed by atoms with Crippen LogP contribution in [0.4, 0.5) is 5.69 Å². The molecule has 4 aliphatic rings. The van der Waals surface area contributed by atoms with Crippen molar-refractivity contribution in [2.24, 2.45) is 28.7 Å². The van der Waals surface area contributed by atoms with Crippen LogP contribution in [0.2, 0.25) is 0 Å². The van der Waals surface area contributed by atoms with Crippen LogP contribution in [0, 0.1) is 23.7 Å². The highest BCUT2D eigenvalue weighted by atomic mass is 16.2. The van der Waals surface area contributed by atoms with Gasteiger partial charge in [0.05, 0.1) is 18.4 Å². The van der Waals surface area contributed by atoms with Crippen LogP contribution in [0.3, 0.4) is 0 Å². The average Bonchev–Trinajstić information content (AvgIpc) is 3.56. The van der Waals surface area contributed by atoms with Gasteiger partial charge in [0.1, 0.15) is 0 Å². The summed E-state index contributed by atoms with van der Waals surface area (Å²) < 4.78 is 0. The number of anilines is 1. The van der Waals surface area contributed by atoms with E-state index in [1.165, 1.54) is 16.2 Å². The number of allylic oxidation sites excluding steroid dienone is 2. The van der Waals surface area contributed by atoms with Gasteiger partial charge in [0.25, 0.3) is 0 Å². The van der Waals surface area contributed by atoms with Gasteiger partial charge in [0, 0.05) is 37.9 Å². The van der Waals surface area contributed by atoms with Crippen LogP contribution < -0.4 is 15.5 Å². The highest BCUT2D eigenvalue weighted by Crippen LogP contribution is 2.52. The average molecular weight is 436 g/mol. The Labute approximate surface area is 189 Å². The molecule has 1 aromatic rings. The topological polar surface area (TPSA) is 77.0 Å². The van der Waals surface area contributed by atoms with E-state index >= 15 is 0 Å². The Balaban J connectivity index is 1.16. The minimum absolute atomic E-state index is 0.0157. The minimum atomic E-state index is -0.122. The zero-order chi connectivity index (χ0) is 22.2. The van der Waals surface area contributed by atoms with E-state index in [1.54, 1.807) is 0 Å². The first-order valence-electron chi connectivity index (χ1n) is 12.0. The monoisotopic (exact) mass is 435 g/mol. The van der Waals surface area contributed by atoms with Gasteiger partial charge in [-0.05, 0) is 50.2 Å². The summed E-state index contributed by atoms with van der Waals surface area (Å²) >= 11 is 0. The Morgan fingerprint density at radius 3 is 2.56 bits per heavy atom. The third-order valence-corrected chi connectivity index (χ3v) is 7.50. The second-order valence-corrected chi connectivity index (χ2v) is 9.40. The summed E-state index contributed by atoms with van der Waals surface area (Å²) in [6.07, 6.45) is 6.32. The summed E-state index contributed by atoms with van der Waals surface area (Å²) in [5.41, 5.74) is 2.72. The van der Waals surface area contributed by atoms with Crippen LogP contribution in [0.25, 0.3) is 0 Å². The molecule has 5 rings (SSSR count). The second-order valence-electron chi connectivity index (χ2n) is 9.40. The molecule has 7 nitrogen and oxygen atoms in total. The zero-order valence-corrected chi connectivity index (χ0v) is 19.0. The number of guanidine groups is 1. The molecule has 1 saturated heterocycles. The molecule has 2 aliphatic carbocycles. The zero-order valence-electron chi connectivity index (χ0n) is 19.0. The number of imide groups is 1. The SMILES string of the molecule is CCNC(=NCC(C)N1CCc2ccccc21)NCCN1C(=O)C2C3C=CC(C3)C2C1=O. The molecular weight excluding hydrogens is 402 g/mol. The molecule has 32 heavy (non-hydrogen) atoms. The molecule has 2 bridgehead atoms. The van der Waals surface area contributed by atoms with E-state index < -0.39 is 0 Å². The van der Waals surface area contributed by atoms with Crippen molar-refractivity contribution in [2.75, 3.05) is 37.6 Å². The van der Waals surface area contributed by atoms with Gasteiger partial charge in [-0.3, -0.25) is 19.5 Å². The first-order chi connectivity index (χ1) is 15.6. The number of likely N-dealkylation sites (tertiary alicyclic amines) is 1. The minimum Gasteiger partial charge on any atom is -0.366 e. The van der Waals surface area contributed by atoms with Gasteiger partial charge in [0.15, 0.2) is 5.96 Å². The normalized spacial score (nSPS) is 29.0. The number of carbonyl (C=O) groups is 2. The fourth-order valence-corrected chi connectivity index (χ4v) is 5.96. The third kappa shape index (κ3) is 3.57. The van der Waals surface area contributed by atoms with Gasteiger partial charge in [-0.1, -0.05) is 30.4 Å². The fourth-order valence-electron chi connectivity index (χ4n) is 5.96. The van der Waals surface area contributed by atoms with Crippen LogP contribution >= 0.6 is 0 Å². The van der Waals surface area contributed by atoms with Crippen LogP contribution in [-0.2, 0) is 16.0 Å². The van der Waals surface area contributed by atoms with Crippen molar-refractivity contribution in [3.8, 4) is 0 Å². The number of aliphatic imine (C=N–C) groups is 1. The molecule has 0 radical (unpaired) electrons. The largest absolute Gasteiger partial charge is 0.366 e. The number of para-hydroxylation sites is 1. The molecule has 5 atom stereocenters. The summed E-state index contributed by atoms with van der Waals surface area (Å²) in [4.78, 5) is 34.4. The molecule has 0 spiro atoms. The number of amides is 2. The van der Waals surface area contributed by atoms with Crippen molar-refractivity contribution in [3.63, 3.8) is 0 Å². The van der Waals surface area contributed by atoms with E-state index in [2.05, 4.69) is 58.9 Å². The van der Waals surface area contributed by atoms with E-state index in [1.807, 2.05) is 6.92 Å². The first kappa shape index (κ1) is 21.0. The molecule has 1 aromatic carbocycles. The van der Waals surface area contributed by atoms with E-state index in [4.69, 9.17) is 4.99 Å². The molecule has 2 N–H and O–H groups in total. The lowest BCUT2D eigenvalue weighted by molar-refractivity contribution is -0.140. The standard InChI is InChI=1S/C25H33N5O2/c1-3-26-25(28-15-16(2)29-12-10-17-6-4-5-7-20(17)29)27-11-13-30-23(31)21-18-8-9-19(14-18)22(21)24(30)32/h4-9,16,18-19,21-22H,3,10-15H2,1-2H3,(H2,26,27,28). The molecule has 5 unspecified atom stereocenters. The Hall–Kier alpha value is -2.83. The van der Waals surface area contributed by atoms with E-state index in [0.29, 0.717) is 19.6 Å². The number of nitrogens with one attached hydrogen (secondary N) is 2. The van der Waals surface area contributed by atoms with E-state index in [-0.39, 0.29) is 41.5 Å². The summed E-state index contributed by atoms with van der Waals surface area (Å²) in [7, 11) is 0. The Morgan fingerprint density at radius 1 is 1.12 bits per heavy atom. The van der Waals surface area contributed by atoms with Crippen molar-refractivity contribution in [3.05, 3.63) is 42.0 Å². The maximum absolute atomic E-state index is 12.8. The smallest absolute Gasteiger partial charge is 0.233 e. The van der Waals surface area contributed by atoms with E-state index in [0.717, 1.165) is 31.9 Å². The predicted octanol–water partition coefficient (Wildman–Crippen LogP) is 1.80. The van der Waals surface area contributed by atoms with Gasteiger partial charge in [-0.2, -0.15) is 0 Å². The molecule has 7 heteroatoms.